The first-order chi connectivity index (χ1) is 14.1. The van der Waals surface area contributed by atoms with E-state index in [2.05, 4.69) is 20.7 Å². The number of nitrogens with two attached hydrogens (primary N) is 1. The number of rotatable bonds is 9. The minimum atomic E-state index is -0.293. The Hall–Kier alpha value is -3.46. The Bertz CT molecular complexity index is 990. The summed E-state index contributed by atoms with van der Waals surface area (Å²) in [6.45, 7) is 2.87. The topological polar surface area (TPSA) is 112 Å². The lowest BCUT2D eigenvalue weighted by Gasteiger charge is -2.09. The zero-order valence-corrected chi connectivity index (χ0v) is 16.7. The van der Waals surface area contributed by atoms with Gasteiger partial charge in [0.25, 0.3) is 0 Å². The van der Waals surface area contributed by atoms with Gasteiger partial charge in [0, 0.05) is 0 Å². The standard InChI is InChI=1S/C20H21N5O3S/c1-14-4-2-6-16(10-14)27-8-9-28-17-7-3-5-15(11-17)13-22-23-18(26)12-19-24-25-20(21)29-19/h2-7,10-11,13H,8-9,12H2,1H3,(H2,21,25)(H,23,26)/b22-13-. The van der Waals surface area contributed by atoms with Gasteiger partial charge in [0.05, 0.1) is 12.6 Å². The highest BCUT2D eigenvalue weighted by Crippen LogP contribution is 2.14. The average Bonchev–Trinajstić information content (AvgIpc) is 3.10. The molecule has 0 saturated carbocycles. The monoisotopic (exact) mass is 411 g/mol. The number of nitrogens with one attached hydrogen (secondary N) is 1. The first kappa shape index (κ1) is 20.3. The second-order valence-electron chi connectivity index (χ2n) is 6.09. The Kier molecular flexibility index (Phi) is 7.12. The van der Waals surface area contributed by atoms with Crippen LogP contribution in [0.25, 0.3) is 0 Å². The van der Waals surface area contributed by atoms with Gasteiger partial charge in [-0.25, -0.2) is 5.43 Å². The molecule has 0 fully saturated rings. The van der Waals surface area contributed by atoms with Crippen LogP contribution < -0.4 is 20.6 Å². The molecule has 9 heteroatoms. The molecular weight excluding hydrogens is 390 g/mol. The maximum Gasteiger partial charge on any atom is 0.247 e. The number of hydrogen-bond donors (Lipinski definition) is 2. The van der Waals surface area contributed by atoms with E-state index in [0.29, 0.717) is 29.1 Å². The van der Waals surface area contributed by atoms with Crippen molar-refractivity contribution in [3.63, 3.8) is 0 Å². The lowest BCUT2D eigenvalue weighted by Crippen LogP contribution is -2.19. The molecule has 3 aromatic rings. The van der Waals surface area contributed by atoms with Gasteiger partial charge in [0.1, 0.15) is 29.7 Å². The molecule has 150 valence electrons. The van der Waals surface area contributed by atoms with Gasteiger partial charge in [-0.1, -0.05) is 35.6 Å². The van der Waals surface area contributed by atoms with E-state index in [1.165, 1.54) is 11.3 Å². The quantitative estimate of drug-likeness (QED) is 0.318. The van der Waals surface area contributed by atoms with Crippen LogP contribution in [0, 0.1) is 6.92 Å². The van der Waals surface area contributed by atoms with Gasteiger partial charge in [-0.3, -0.25) is 4.79 Å². The second-order valence-corrected chi connectivity index (χ2v) is 7.18. The third-order valence-electron chi connectivity index (χ3n) is 3.67. The van der Waals surface area contributed by atoms with E-state index in [4.69, 9.17) is 15.2 Å². The van der Waals surface area contributed by atoms with Crippen LogP contribution in [0.3, 0.4) is 0 Å². The molecule has 3 N–H and O–H groups in total. The lowest BCUT2D eigenvalue weighted by molar-refractivity contribution is -0.120. The van der Waals surface area contributed by atoms with Crippen LogP contribution in [-0.4, -0.2) is 35.5 Å². The number of hydrogen-bond acceptors (Lipinski definition) is 8. The van der Waals surface area contributed by atoms with E-state index < -0.39 is 0 Å². The summed E-state index contributed by atoms with van der Waals surface area (Å²) in [7, 11) is 0. The Morgan fingerprint density at radius 1 is 1.14 bits per heavy atom. The summed E-state index contributed by atoms with van der Waals surface area (Å²) >= 11 is 1.17. The minimum absolute atomic E-state index is 0.0797. The van der Waals surface area contributed by atoms with Crippen molar-refractivity contribution in [3.05, 3.63) is 64.7 Å². The van der Waals surface area contributed by atoms with Crippen LogP contribution in [-0.2, 0) is 11.2 Å². The molecule has 0 atom stereocenters. The number of carbonyl (C=O) groups excluding carboxylic acids is 1. The smallest absolute Gasteiger partial charge is 0.247 e. The summed E-state index contributed by atoms with van der Waals surface area (Å²) in [6, 6.07) is 15.3. The van der Waals surface area contributed by atoms with Crippen molar-refractivity contribution in [1.29, 1.82) is 0 Å². The van der Waals surface area contributed by atoms with Crippen LogP contribution in [0.5, 0.6) is 11.5 Å². The highest BCUT2D eigenvalue weighted by molar-refractivity contribution is 7.15. The first-order valence-corrected chi connectivity index (χ1v) is 9.72. The van der Waals surface area contributed by atoms with Crippen LogP contribution in [0.4, 0.5) is 5.13 Å². The molecule has 0 aliphatic rings. The molecule has 3 rings (SSSR count). The molecule has 8 nitrogen and oxygen atoms in total. The van der Waals surface area contributed by atoms with E-state index in [-0.39, 0.29) is 12.3 Å². The van der Waals surface area contributed by atoms with Gasteiger partial charge in [-0.15, -0.1) is 10.2 Å². The van der Waals surface area contributed by atoms with Crippen molar-refractivity contribution >= 4 is 28.6 Å². The maximum absolute atomic E-state index is 11.8. The summed E-state index contributed by atoms with van der Waals surface area (Å²) in [6.07, 6.45) is 1.62. The Balaban J connectivity index is 1.42. The highest BCUT2D eigenvalue weighted by Gasteiger charge is 2.07. The Labute approximate surface area is 172 Å². The fourth-order valence-electron chi connectivity index (χ4n) is 2.40. The predicted molar refractivity (Wildman–Crippen MR) is 112 cm³/mol. The van der Waals surface area contributed by atoms with Crippen LogP contribution in [0.15, 0.2) is 53.6 Å². The van der Waals surface area contributed by atoms with E-state index in [9.17, 15) is 4.79 Å². The third-order valence-corrected chi connectivity index (χ3v) is 4.42. The maximum atomic E-state index is 11.8. The third kappa shape index (κ3) is 6.89. The van der Waals surface area contributed by atoms with E-state index >= 15 is 0 Å². The van der Waals surface area contributed by atoms with E-state index in [1.54, 1.807) is 6.21 Å². The molecule has 2 aromatic carbocycles. The van der Waals surface area contributed by atoms with E-state index in [1.807, 2.05) is 55.5 Å². The number of aryl methyl sites for hydroxylation is 1. The number of anilines is 1. The van der Waals surface area contributed by atoms with Gasteiger partial charge in [0.15, 0.2) is 0 Å². The highest BCUT2D eigenvalue weighted by atomic mass is 32.1. The zero-order valence-electron chi connectivity index (χ0n) is 15.9. The van der Waals surface area contributed by atoms with Crippen molar-refractivity contribution < 1.29 is 14.3 Å². The molecule has 0 unspecified atom stereocenters. The van der Waals surface area contributed by atoms with Crippen molar-refractivity contribution in [2.75, 3.05) is 18.9 Å². The molecule has 0 spiro atoms. The molecule has 0 bridgehead atoms. The van der Waals surface area contributed by atoms with Crippen LogP contribution in [0.2, 0.25) is 0 Å². The van der Waals surface area contributed by atoms with Crippen molar-refractivity contribution in [2.45, 2.75) is 13.3 Å². The number of ether oxygens (including phenoxy) is 2. The number of benzene rings is 2. The largest absolute Gasteiger partial charge is 0.490 e. The summed E-state index contributed by atoms with van der Waals surface area (Å²) in [5.41, 5.74) is 9.88. The molecule has 1 heterocycles. The second kappa shape index (κ2) is 10.2. The normalized spacial score (nSPS) is 10.8. The average molecular weight is 411 g/mol. The number of amides is 1. The molecule has 0 saturated heterocycles. The zero-order chi connectivity index (χ0) is 20.5. The Morgan fingerprint density at radius 3 is 2.55 bits per heavy atom. The number of carbonyl (C=O) groups is 1. The molecule has 1 amide bonds. The molecule has 1 aromatic heterocycles. The van der Waals surface area contributed by atoms with E-state index in [0.717, 1.165) is 16.9 Å². The van der Waals surface area contributed by atoms with Gasteiger partial charge in [-0.05, 0) is 42.3 Å². The molecule has 0 aliphatic heterocycles. The van der Waals surface area contributed by atoms with Gasteiger partial charge < -0.3 is 15.2 Å². The number of nitrogen functional groups attached to an aromatic ring is 1. The summed E-state index contributed by atoms with van der Waals surface area (Å²) in [5, 5.41) is 12.3. The van der Waals surface area contributed by atoms with Gasteiger partial charge in [-0.2, -0.15) is 5.10 Å². The van der Waals surface area contributed by atoms with Crippen molar-refractivity contribution in [2.24, 2.45) is 5.10 Å². The number of aromatic nitrogens is 2. The first-order valence-electron chi connectivity index (χ1n) is 8.90. The minimum Gasteiger partial charge on any atom is -0.490 e. The van der Waals surface area contributed by atoms with Crippen molar-refractivity contribution in [1.82, 2.24) is 15.6 Å². The molecule has 0 radical (unpaired) electrons. The summed E-state index contributed by atoms with van der Waals surface area (Å²) < 4.78 is 11.4. The van der Waals surface area contributed by atoms with Gasteiger partial charge in [0.2, 0.25) is 11.0 Å². The molecule has 29 heavy (non-hydrogen) atoms. The SMILES string of the molecule is Cc1cccc(OCCOc2cccc(/C=N\NC(=O)Cc3nnc(N)s3)c2)c1. The lowest BCUT2D eigenvalue weighted by atomic mass is 10.2. The van der Waals surface area contributed by atoms with Gasteiger partial charge >= 0.3 is 0 Å². The Morgan fingerprint density at radius 2 is 1.86 bits per heavy atom. The molecular formula is C20H21N5O3S. The fraction of sp³-hybridized carbons (Fsp3) is 0.200. The number of hydrazone groups is 1. The molecule has 0 aliphatic carbocycles. The summed E-state index contributed by atoms with van der Waals surface area (Å²) in [4.78, 5) is 11.8. The predicted octanol–water partition coefficient (Wildman–Crippen LogP) is 2.58. The number of nitrogens with zero attached hydrogens (tertiary/aromatic N) is 3. The summed E-state index contributed by atoms with van der Waals surface area (Å²) in [5.74, 6) is 1.22. The van der Waals surface area contributed by atoms with Crippen LogP contribution in [0.1, 0.15) is 16.1 Å². The fourth-order valence-corrected chi connectivity index (χ4v) is 3.01. The van der Waals surface area contributed by atoms with Crippen molar-refractivity contribution in [3.8, 4) is 11.5 Å². The van der Waals surface area contributed by atoms with Crippen LogP contribution >= 0.6 is 11.3 Å².